The van der Waals surface area contributed by atoms with Crippen LogP contribution in [-0.2, 0) is 4.79 Å². The van der Waals surface area contributed by atoms with Gasteiger partial charge in [0.1, 0.15) is 17.3 Å². The summed E-state index contributed by atoms with van der Waals surface area (Å²) in [4.78, 5) is 24.7. The molecule has 8 nitrogen and oxygen atoms in total. The van der Waals surface area contributed by atoms with Crippen LogP contribution in [0.3, 0.4) is 0 Å². The minimum Gasteiger partial charge on any atom is -0.508 e. The monoisotopic (exact) mass is 520 g/mol. The number of aromatic nitrogens is 5. The maximum Gasteiger partial charge on any atom is 0.229 e. The molecule has 4 aromatic heterocycles. The first-order valence-electron chi connectivity index (χ1n) is 12.4. The van der Waals surface area contributed by atoms with E-state index in [1.807, 2.05) is 57.2 Å². The highest BCUT2D eigenvalue weighted by molar-refractivity contribution is 6.01. The number of hydrogen-bond acceptors (Lipinski definition) is 5. The van der Waals surface area contributed by atoms with Gasteiger partial charge in [-0.25, -0.2) is 9.37 Å². The van der Waals surface area contributed by atoms with Gasteiger partial charge in [0.05, 0.1) is 17.6 Å². The molecule has 0 spiro atoms. The number of fused-ring (bicyclic) bond motifs is 2. The smallest absolute Gasteiger partial charge is 0.229 e. The molecular formula is C30H25FN6O2. The molecule has 0 aliphatic carbocycles. The standard InChI is InChI=1S/C30H25FN6O2/c1-30(2,3)29(39)34-20-8-17(13-32-15-20)18-10-24-27(36-37-28(24)33-14-18)26-12-23-22(5-4-6-25(23)35-26)16-7-19(31)11-21(38)9-16/h4-15,35,38H,1-3H3,(H,34,39)(H,33,36,37). The molecule has 2 aromatic carbocycles. The number of carbonyl (C=O) groups excluding carboxylic acids is 1. The summed E-state index contributed by atoms with van der Waals surface area (Å²) in [6.07, 6.45) is 5.07. The Bertz CT molecular complexity index is 1860. The van der Waals surface area contributed by atoms with Gasteiger partial charge in [-0.05, 0) is 47.5 Å². The number of carbonyl (C=O) groups is 1. The Balaban J connectivity index is 1.41. The van der Waals surface area contributed by atoms with Gasteiger partial charge in [0, 0.05) is 51.3 Å². The molecule has 6 aromatic rings. The molecule has 0 atom stereocenters. The third-order valence-electron chi connectivity index (χ3n) is 6.54. The maximum atomic E-state index is 14.0. The molecule has 0 saturated heterocycles. The summed E-state index contributed by atoms with van der Waals surface area (Å²) in [5.41, 5.74) is 5.94. The third-order valence-corrected chi connectivity index (χ3v) is 6.54. The van der Waals surface area contributed by atoms with Crippen LogP contribution in [0.15, 0.2) is 73.2 Å². The van der Waals surface area contributed by atoms with Crippen LogP contribution in [0.1, 0.15) is 20.8 Å². The van der Waals surface area contributed by atoms with E-state index in [1.165, 1.54) is 12.1 Å². The quantitative estimate of drug-likeness (QED) is 0.207. The molecule has 0 saturated carbocycles. The van der Waals surface area contributed by atoms with E-state index >= 15 is 0 Å². The Kier molecular flexibility index (Phi) is 5.64. The zero-order valence-corrected chi connectivity index (χ0v) is 21.5. The average Bonchev–Trinajstić information content (AvgIpc) is 3.51. The molecule has 4 N–H and O–H groups in total. The van der Waals surface area contributed by atoms with Crippen molar-refractivity contribution in [1.29, 1.82) is 0 Å². The molecule has 1 amide bonds. The number of aromatic amines is 2. The van der Waals surface area contributed by atoms with E-state index in [0.717, 1.165) is 44.7 Å². The Morgan fingerprint density at radius 3 is 2.56 bits per heavy atom. The van der Waals surface area contributed by atoms with Gasteiger partial charge in [0.2, 0.25) is 5.91 Å². The number of phenols is 1. The Hall–Kier alpha value is -5.05. The summed E-state index contributed by atoms with van der Waals surface area (Å²) in [6, 6.07) is 15.5. The lowest BCUT2D eigenvalue weighted by molar-refractivity contribution is -0.123. The molecule has 39 heavy (non-hydrogen) atoms. The molecule has 0 bridgehead atoms. The summed E-state index contributed by atoms with van der Waals surface area (Å²) in [7, 11) is 0. The maximum absolute atomic E-state index is 14.0. The van der Waals surface area contributed by atoms with Gasteiger partial charge in [-0.15, -0.1) is 0 Å². The number of amides is 1. The van der Waals surface area contributed by atoms with Crippen LogP contribution in [0.25, 0.3) is 55.6 Å². The molecular weight excluding hydrogens is 495 g/mol. The van der Waals surface area contributed by atoms with Crippen molar-refractivity contribution in [2.45, 2.75) is 20.8 Å². The number of halogens is 1. The fraction of sp³-hybridized carbons (Fsp3) is 0.133. The molecule has 0 aliphatic rings. The lowest BCUT2D eigenvalue weighted by Crippen LogP contribution is -2.27. The number of benzene rings is 2. The number of aromatic hydroxyl groups is 1. The fourth-order valence-corrected chi connectivity index (χ4v) is 4.52. The lowest BCUT2D eigenvalue weighted by atomic mass is 9.95. The Labute approximate surface area is 223 Å². The van der Waals surface area contributed by atoms with Gasteiger partial charge in [-0.2, -0.15) is 5.10 Å². The molecule has 0 radical (unpaired) electrons. The van der Waals surface area contributed by atoms with Crippen molar-refractivity contribution >= 4 is 33.5 Å². The number of phenolic OH excluding ortho intramolecular Hbond substituents is 1. The number of hydrogen-bond donors (Lipinski definition) is 4. The van der Waals surface area contributed by atoms with E-state index in [2.05, 4.69) is 30.5 Å². The highest BCUT2D eigenvalue weighted by Gasteiger charge is 2.21. The molecule has 194 valence electrons. The van der Waals surface area contributed by atoms with Gasteiger partial charge in [0.25, 0.3) is 0 Å². The van der Waals surface area contributed by atoms with Crippen LogP contribution < -0.4 is 5.32 Å². The first kappa shape index (κ1) is 24.3. The number of nitrogens with one attached hydrogen (secondary N) is 3. The van der Waals surface area contributed by atoms with Crippen LogP contribution in [0, 0.1) is 11.2 Å². The van der Waals surface area contributed by atoms with Gasteiger partial charge in [-0.3, -0.25) is 14.9 Å². The molecule has 9 heteroatoms. The number of nitrogens with zero attached hydrogens (tertiary/aromatic N) is 3. The second kappa shape index (κ2) is 9.05. The number of anilines is 1. The number of H-pyrrole nitrogens is 2. The zero-order valence-electron chi connectivity index (χ0n) is 21.5. The topological polar surface area (TPSA) is 120 Å². The van der Waals surface area contributed by atoms with Crippen LogP contribution in [0.2, 0.25) is 0 Å². The summed E-state index contributed by atoms with van der Waals surface area (Å²) < 4.78 is 14.0. The first-order valence-corrected chi connectivity index (χ1v) is 12.4. The predicted molar refractivity (Wildman–Crippen MR) is 150 cm³/mol. The number of rotatable bonds is 4. The van der Waals surface area contributed by atoms with Crippen LogP contribution in [-0.4, -0.2) is 36.2 Å². The van der Waals surface area contributed by atoms with Crippen molar-refractivity contribution in [3.05, 3.63) is 79.0 Å². The van der Waals surface area contributed by atoms with E-state index in [-0.39, 0.29) is 11.7 Å². The van der Waals surface area contributed by atoms with Gasteiger partial charge >= 0.3 is 0 Å². The third kappa shape index (κ3) is 4.59. The van der Waals surface area contributed by atoms with Crippen molar-refractivity contribution in [2.75, 3.05) is 5.32 Å². The summed E-state index contributed by atoms with van der Waals surface area (Å²) in [6.45, 7) is 5.56. The summed E-state index contributed by atoms with van der Waals surface area (Å²) >= 11 is 0. The van der Waals surface area contributed by atoms with E-state index in [4.69, 9.17) is 0 Å². The second-order valence-electron chi connectivity index (χ2n) is 10.5. The fourth-order valence-electron chi connectivity index (χ4n) is 4.52. The zero-order chi connectivity index (χ0) is 27.3. The van der Waals surface area contributed by atoms with Crippen molar-refractivity contribution in [2.24, 2.45) is 5.41 Å². The van der Waals surface area contributed by atoms with E-state index in [0.29, 0.717) is 22.6 Å². The van der Waals surface area contributed by atoms with Gasteiger partial charge < -0.3 is 15.4 Å². The minimum atomic E-state index is -0.531. The van der Waals surface area contributed by atoms with Crippen LogP contribution >= 0.6 is 0 Å². The van der Waals surface area contributed by atoms with Crippen molar-refractivity contribution in [1.82, 2.24) is 25.1 Å². The molecule has 0 fully saturated rings. The van der Waals surface area contributed by atoms with Crippen LogP contribution in [0.4, 0.5) is 10.1 Å². The predicted octanol–water partition coefficient (Wildman–Crippen LogP) is 6.66. The Morgan fingerprint density at radius 2 is 1.77 bits per heavy atom. The van der Waals surface area contributed by atoms with Gasteiger partial charge in [-0.1, -0.05) is 32.9 Å². The first-order chi connectivity index (χ1) is 18.7. The number of pyridine rings is 2. The normalized spacial score (nSPS) is 11.8. The molecule has 4 heterocycles. The molecule has 6 rings (SSSR count). The van der Waals surface area contributed by atoms with Crippen molar-refractivity contribution in [3.8, 4) is 39.4 Å². The highest BCUT2D eigenvalue weighted by atomic mass is 19.1. The minimum absolute atomic E-state index is 0.0984. The van der Waals surface area contributed by atoms with E-state index in [9.17, 15) is 14.3 Å². The van der Waals surface area contributed by atoms with E-state index in [1.54, 1.807) is 18.6 Å². The highest BCUT2D eigenvalue weighted by Crippen LogP contribution is 2.36. The van der Waals surface area contributed by atoms with Crippen LogP contribution in [0.5, 0.6) is 5.75 Å². The SMILES string of the molecule is CC(C)(C)C(=O)Nc1cncc(-c2cnc3[nH]nc(-c4cc5c(-c6cc(O)cc(F)c6)cccc5[nH]4)c3c2)c1. The second-order valence-corrected chi connectivity index (χ2v) is 10.5. The molecule has 0 aliphatic heterocycles. The molecule has 0 unspecified atom stereocenters. The van der Waals surface area contributed by atoms with Crippen molar-refractivity contribution in [3.63, 3.8) is 0 Å². The lowest BCUT2D eigenvalue weighted by Gasteiger charge is -2.17. The average molecular weight is 521 g/mol. The Morgan fingerprint density at radius 1 is 0.949 bits per heavy atom. The van der Waals surface area contributed by atoms with E-state index < -0.39 is 11.2 Å². The van der Waals surface area contributed by atoms with Gasteiger partial charge in [0.15, 0.2) is 5.65 Å². The summed E-state index contributed by atoms with van der Waals surface area (Å²) in [5, 5.41) is 22.0. The largest absolute Gasteiger partial charge is 0.508 e. The van der Waals surface area contributed by atoms with Crippen molar-refractivity contribution < 1.29 is 14.3 Å². The summed E-state index contributed by atoms with van der Waals surface area (Å²) in [5.74, 6) is -0.740.